The van der Waals surface area contributed by atoms with Crippen LogP contribution in [0, 0.1) is 5.92 Å². The standard InChI is InChI=1S/C13H24N6/c1-4-12-18-16-9-19(12)7-6-15-13(14-5-2)17-11-8-10(11)3/h9-11H,4-8H2,1-3H3,(H2,14,15,17). The molecule has 6 nitrogen and oxygen atoms in total. The van der Waals surface area contributed by atoms with Gasteiger partial charge in [-0.1, -0.05) is 13.8 Å². The molecule has 0 amide bonds. The molecule has 0 radical (unpaired) electrons. The van der Waals surface area contributed by atoms with Crippen molar-refractivity contribution in [2.45, 2.75) is 46.2 Å². The largest absolute Gasteiger partial charge is 0.357 e. The molecule has 1 aliphatic carbocycles. The lowest BCUT2D eigenvalue weighted by molar-refractivity contribution is 0.660. The van der Waals surface area contributed by atoms with Crippen LogP contribution >= 0.6 is 0 Å². The van der Waals surface area contributed by atoms with Crippen LogP contribution in [0.4, 0.5) is 0 Å². The third kappa shape index (κ3) is 3.94. The smallest absolute Gasteiger partial charge is 0.191 e. The molecule has 0 aliphatic heterocycles. The third-order valence-electron chi connectivity index (χ3n) is 3.40. The molecular formula is C13H24N6. The Morgan fingerprint density at radius 1 is 1.53 bits per heavy atom. The van der Waals surface area contributed by atoms with Crippen molar-refractivity contribution in [2.75, 3.05) is 13.1 Å². The van der Waals surface area contributed by atoms with E-state index in [1.165, 1.54) is 6.42 Å². The van der Waals surface area contributed by atoms with E-state index in [0.29, 0.717) is 6.04 Å². The Labute approximate surface area is 114 Å². The molecule has 2 unspecified atom stereocenters. The predicted molar refractivity (Wildman–Crippen MR) is 76.1 cm³/mol. The van der Waals surface area contributed by atoms with Crippen molar-refractivity contribution in [3.63, 3.8) is 0 Å². The van der Waals surface area contributed by atoms with Crippen LogP contribution in [0.3, 0.4) is 0 Å². The molecule has 0 saturated heterocycles. The first-order chi connectivity index (χ1) is 9.24. The Morgan fingerprint density at radius 2 is 2.32 bits per heavy atom. The number of aromatic nitrogens is 3. The predicted octanol–water partition coefficient (Wildman–Crippen LogP) is 0.804. The van der Waals surface area contributed by atoms with Crippen molar-refractivity contribution in [3.8, 4) is 0 Å². The minimum atomic E-state index is 0.596. The summed E-state index contributed by atoms with van der Waals surface area (Å²) in [4.78, 5) is 4.60. The average molecular weight is 264 g/mol. The number of guanidine groups is 1. The molecule has 1 saturated carbocycles. The second-order valence-corrected chi connectivity index (χ2v) is 5.02. The Morgan fingerprint density at radius 3 is 2.95 bits per heavy atom. The molecule has 2 rings (SSSR count). The number of hydrogen-bond acceptors (Lipinski definition) is 3. The molecule has 1 aliphatic rings. The van der Waals surface area contributed by atoms with Gasteiger partial charge >= 0.3 is 0 Å². The lowest BCUT2D eigenvalue weighted by Gasteiger charge is -2.11. The van der Waals surface area contributed by atoms with Gasteiger partial charge in [-0.3, -0.25) is 4.99 Å². The van der Waals surface area contributed by atoms with Crippen LogP contribution in [0.5, 0.6) is 0 Å². The zero-order chi connectivity index (χ0) is 13.7. The average Bonchev–Trinajstić information content (AvgIpc) is 2.91. The molecule has 2 N–H and O–H groups in total. The molecule has 0 bridgehead atoms. The van der Waals surface area contributed by atoms with Gasteiger partial charge in [0, 0.05) is 25.6 Å². The number of nitrogens with zero attached hydrogens (tertiary/aromatic N) is 4. The first-order valence-electron chi connectivity index (χ1n) is 7.16. The molecule has 6 heteroatoms. The summed E-state index contributed by atoms with van der Waals surface area (Å²) in [6, 6.07) is 0.596. The van der Waals surface area contributed by atoms with Gasteiger partial charge in [0.25, 0.3) is 0 Å². The van der Waals surface area contributed by atoms with Gasteiger partial charge in [0.15, 0.2) is 5.96 Å². The molecule has 2 atom stereocenters. The van der Waals surface area contributed by atoms with E-state index in [0.717, 1.165) is 43.8 Å². The van der Waals surface area contributed by atoms with Crippen LogP contribution in [0.1, 0.15) is 33.0 Å². The van der Waals surface area contributed by atoms with Crippen LogP contribution in [0.15, 0.2) is 11.3 Å². The van der Waals surface area contributed by atoms with E-state index >= 15 is 0 Å². The second kappa shape index (κ2) is 6.54. The van der Waals surface area contributed by atoms with Crippen molar-refractivity contribution < 1.29 is 0 Å². The van der Waals surface area contributed by atoms with Crippen LogP contribution in [-0.2, 0) is 13.0 Å². The fourth-order valence-electron chi connectivity index (χ4n) is 2.03. The molecular weight excluding hydrogens is 240 g/mol. The van der Waals surface area contributed by atoms with Gasteiger partial charge in [-0.05, 0) is 19.3 Å². The molecule has 1 fully saturated rings. The van der Waals surface area contributed by atoms with E-state index in [2.05, 4.69) is 51.2 Å². The van der Waals surface area contributed by atoms with Crippen molar-refractivity contribution in [2.24, 2.45) is 10.9 Å². The van der Waals surface area contributed by atoms with Crippen molar-refractivity contribution in [3.05, 3.63) is 12.2 Å². The second-order valence-electron chi connectivity index (χ2n) is 5.02. The summed E-state index contributed by atoms with van der Waals surface area (Å²) in [7, 11) is 0. The van der Waals surface area contributed by atoms with Crippen molar-refractivity contribution in [1.82, 2.24) is 25.4 Å². The SMILES string of the molecule is CCNC(=NCCn1cnnc1CC)NC1CC1C. The van der Waals surface area contributed by atoms with E-state index in [1.54, 1.807) is 6.33 Å². The van der Waals surface area contributed by atoms with Gasteiger partial charge in [-0.15, -0.1) is 10.2 Å². The number of hydrogen-bond donors (Lipinski definition) is 2. The zero-order valence-corrected chi connectivity index (χ0v) is 12.1. The minimum absolute atomic E-state index is 0.596. The van der Waals surface area contributed by atoms with Crippen LogP contribution < -0.4 is 10.6 Å². The highest BCUT2D eigenvalue weighted by atomic mass is 15.3. The molecule has 19 heavy (non-hydrogen) atoms. The fraction of sp³-hybridized carbons (Fsp3) is 0.769. The molecule has 0 aromatic carbocycles. The Bertz CT molecular complexity index is 425. The van der Waals surface area contributed by atoms with Gasteiger partial charge in [-0.25, -0.2) is 0 Å². The summed E-state index contributed by atoms with van der Waals surface area (Å²) in [6.45, 7) is 8.88. The topological polar surface area (TPSA) is 67.1 Å². The summed E-state index contributed by atoms with van der Waals surface area (Å²) in [5.41, 5.74) is 0. The highest BCUT2D eigenvalue weighted by molar-refractivity contribution is 5.80. The summed E-state index contributed by atoms with van der Waals surface area (Å²) in [6.07, 6.45) is 3.93. The number of rotatable bonds is 6. The van der Waals surface area contributed by atoms with E-state index < -0.39 is 0 Å². The molecule has 1 aromatic rings. The maximum Gasteiger partial charge on any atom is 0.191 e. The zero-order valence-electron chi connectivity index (χ0n) is 12.1. The van der Waals surface area contributed by atoms with E-state index in [1.807, 2.05) is 0 Å². The van der Waals surface area contributed by atoms with E-state index in [-0.39, 0.29) is 0 Å². The van der Waals surface area contributed by atoms with Gasteiger partial charge in [0.2, 0.25) is 0 Å². The summed E-state index contributed by atoms with van der Waals surface area (Å²) >= 11 is 0. The normalized spacial score (nSPS) is 22.4. The highest BCUT2D eigenvalue weighted by Crippen LogP contribution is 2.28. The molecule has 1 heterocycles. The van der Waals surface area contributed by atoms with Crippen molar-refractivity contribution >= 4 is 5.96 Å². The number of aliphatic imine (C=N–C) groups is 1. The summed E-state index contributed by atoms with van der Waals surface area (Å²) < 4.78 is 2.06. The Hall–Kier alpha value is -1.59. The van der Waals surface area contributed by atoms with Gasteiger partial charge in [-0.2, -0.15) is 0 Å². The van der Waals surface area contributed by atoms with Crippen LogP contribution in [0.25, 0.3) is 0 Å². The monoisotopic (exact) mass is 264 g/mol. The maximum absolute atomic E-state index is 4.60. The Balaban J connectivity index is 1.83. The minimum Gasteiger partial charge on any atom is -0.357 e. The van der Waals surface area contributed by atoms with E-state index in [4.69, 9.17) is 0 Å². The number of aryl methyl sites for hydroxylation is 1. The fourth-order valence-corrected chi connectivity index (χ4v) is 2.03. The van der Waals surface area contributed by atoms with Gasteiger partial charge < -0.3 is 15.2 Å². The summed E-state index contributed by atoms with van der Waals surface area (Å²) in [5.74, 6) is 2.71. The molecule has 1 aromatic heterocycles. The maximum atomic E-state index is 4.60. The highest BCUT2D eigenvalue weighted by Gasteiger charge is 2.33. The first-order valence-corrected chi connectivity index (χ1v) is 7.16. The quantitative estimate of drug-likeness (QED) is 0.589. The molecule has 0 spiro atoms. The first kappa shape index (κ1) is 13.8. The summed E-state index contributed by atoms with van der Waals surface area (Å²) in [5, 5.41) is 14.7. The Kier molecular flexibility index (Phi) is 4.76. The third-order valence-corrected chi connectivity index (χ3v) is 3.40. The van der Waals surface area contributed by atoms with E-state index in [9.17, 15) is 0 Å². The van der Waals surface area contributed by atoms with Gasteiger partial charge in [0.1, 0.15) is 12.2 Å². The van der Waals surface area contributed by atoms with Gasteiger partial charge in [0.05, 0.1) is 6.54 Å². The van der Waals surface area contributed by atoms with Crippen molar-refractivity contribution in [1.29, 1.82) is 0 Å². The molecule has 106 valence electrons. The lowest BCUT2D eigenvalue weighted by atomic mass is 10.4. The van der Waals surface area contributed by atoms with Crippen LogP contribution in [0.2, 0.25) is 0 Å². The number of nitrogens with one attached hydrogen (secondary N) is 2. The van der Waals surface area contributed by atoms with Crippen LogP contribution in [-0.4, -0.2) is 39.9 Å². The lowest BCUT2D eigenvalue weighted by Crippen LogP contribution is -2.39.